The molecule has 1 aliphatic heterocycles. The van der Waals surface area contributed by atoms with Gasteiger partial charge in [-0.15, -0.1) is 0 Å². The molecule has 1 saturated heterocycles. The van der Waals surface area contributed by atoms with Gasteiger partial charge in [-0.05, 0) is 18.9 Å². The smallest absolute Gasteiger partial charge is 0.326 e. The largest absolute Gasteiger partial charge is 0.480 e. The summed E-state index contributed by atoms with van der Waals surface area (Å²) in [5, 5.41) is 13.4. The van der Waals surface area contributed by atoms with Crippen LogP contribution in [0.5, 0.6) is 0 Å². The first-order chi connectivity index (χ1) is 11.6. The van der Waals surface area contributed by atoms with Crippen molar-refractivity contribution in [1.82, 2.24) is 14.7 Å². The quantitative estimate of drug-likeness (QED) is 0.904. The minimum Gasteiger partial charge on any atom is -0.480 e. The number of carbonyl (C=O) groups is 2. The SMILES string of the molecule is O=C(O)C1CCCN1C(=O)Cn1nc(-c2ccccc2)ccc1=O. The fourth-order valence-electron chi connectivity index (χ4n) is 2.87. The van der Waals surface area contributed by atoms with Crippen LogP contribution in [0.3, 0.4) is 0 Å². The van der Waals surface area contributed by atoms with Gasteiger partial charge in [0.25, 0.3) is 5.56 Å². The molecule has 1 aromatic heterocycles. The molecule has 0 radical (unpaired) electrons. The molecule has 0 bridgehead atoms. The Morgan fingerprint density at radius 1 is 1.17 bits per heavy atom. The number of aromatic nitrogens is 2. The van der Waals surface area contributed by atoms with E-state index in [1.165, 1.54) is 11.0 Å². The van der Waals surface area contributed by atoms with Crippen molar-refractivity contribution in [3.63, 3.8) is 0 Å². The van der Waals surface area contributed by atoms with Gasteiger partial charge in [0.05, 0.1) is 5.69 Å². The van der Waals surface area contributed by atoms with E-state index in [0.29, 0.717) is 25.1 Å². The maximum absolute atomic E-state index is 12.4. The van der Waals surface area contributed by atoms with Crippen molar-refractivity contribution in [2.24, 2.45) is 0 Å². The first-order valence-corrected chi connectivity index (χ1v) is 7.72. The van der Waals surface area contributed by atoms with Crippen molar-refractivity contribution >= 4 is 11.9 Å². The van der Waals surface area contributed by atoms with Gasteiger partial charge in [0.2, 0.25) is 5.91 Å². The van der Waals surface area contributed by atoms with Crippen LogP contribution in [-0.4, -0.2) is 44.3 Å². The Kier molecular flexibility index (Phi) is 4.41. The number of carboxylic acid groups (broad SMARTS) is 1. The maximum atomic E-state index is 12.4. The fourth-order valence-corrected chi connectivity index (χ4v) is 2.87. The first-order valence-electron chi connectivity index (χ1n) is 7.72. The summed E-state index contributed by atoms with van der Waals surface area (Å²) < 4.78 is 1.09. The lowest BCUT2D eigenvalue weighted by atomic mass is 10.1. The molecule has 3 rings (SSSR count). The van der Waals surface area contributed by atoms with Crippen molar-refractivity contribution in [3.05, 3.63) is 52.8 Å². The molecular weight excluding hydrogens is 310 g/mol. The van der Waals surface area contributed by atoms with Crippen molar-refractivity contribution in [1.29, 1.82) is 0 Å². The van der Waals surface area contributed by atoms with Crippen LogP contribution in [0.1, 0.15) is 12.8 Å². The van der Waals surface area contributed by atoms with Crippen LogP contribution < -0.4 is 5.56 Å². The molecule has 1 aromatic carbocycles. The molecule has 0 saturated carbocycles. The molecule has 1 unspecified atom stereocenters. The molecule has 1 N–H and O–H groups in total. The highest BCUT2D eigenvalue weighted by Gasteiger charge is 2.34. The lowest BCUT2D eigenvalue weighted by Crippen LogP contribution is -2.43. The van der Waals surface area contributed by atoms with E-state index in [9.17, 15) is 14.4 Å². The van der Waals surface area contributed by atoms with Gasteiger partial charge in [0.15, 0.2) is 0 Å². The molecule has 7 nitrogen and oxygen atoms in total. The van der Waals surface area contributed by atoms with Crippen LogP contribution in [0, 0.1) is 0 Å². The van der Waals surface area contributed by atoms with E-state index in [0.717, 1.165) is 10.2 Å². The second kappa shape index (κ2) is 6.66. The minimum atomic E-state index is -1.01. The number of rotatable bonds is 4. The third-order valence-corrected chi connectivity index (χ3v) is 4.08. The average Bonchev–Trinajstić information content (AvgIpc) is 3.08. The summed E-state index contributed by atoms with van der Waals surface area (Å²) in [4.78, 5) is 36.9. The monoisotopic (exact) mass is 327 g/mol. The first kappa shape index (κ1) is 15.9. The second-order valence-electron chi connectivity index (χ2n) is 5.66. The maximum Gasteiger partial charge on any atom is 0.326 e. The molecule has 1 amide bonds. The molecule has 124 valence electrons. The highest BCUT2D eigenvalue weighted by atomic mass is 16.4. The van der Waals surface area contributed by atoms with Gasteiger partial charge in [-0.2, -0.15) is 5.10 Å². The van der Waals surface area contributed by atoms with Gasteiger partial charge in [-0.25, -0.2) is 9.48 Å². The standard InChI is InChI=1S/C17H17N3O4/c21-15-9-8-13(12-5-2-1-3-6-12)18-20(15)11-16(22)19-10-4-7-14(19)17(23)24/h1-3,5-6,8-9,14H,4,7,10-11H2,(H,23,24). The van der Waals surface area contributed by atoms with Crippen LogP contribution in [0.25, 0.3) is 11.3 Å². The van der Waals surface area contributed by atoms with E-state index in [4.69, 9.17) is 5.11 Å². The number of carboxylic acids is 1. The Bertz CT molecular complexity index is 816. The van der Waals surface area contributed by atoms with Crippen LogP contribution in [0.15, 0.2) is 47.3 Å². The van der Waals surface area contributed by atoms with Crippen LogP contribution in [-0.2, 0) is 16.1 Å². The van der Waals surface area contributed by atoms with E-state index in [1.807, 2.05) is 30.3 Å². The molecule has 0 spiro atoms. The van der Waals surface area contributed by atoms with Crippen molar-refractivity contribution < 1.29 is 14.7 Å². The molecule has 7 heteroatoms. The Labute approximate surface area is 138 Å². The summed E-state index contributed by atoms with van der Waals surface area (Å²) in [6, 6.07) is 11.5. The van der Waals surface area contributed by atoms with Crippen LogP contribution >= 0.6 is 0 Å². The molecule has 2 aromatic rings. The van der Waals surface area contributed by atoms with Crippen molar-refractivity contribution in [3.8, 4) is 11.3 Å². The van der Waals surface area contributed by atoms with E-state index >= 15 is 0 Å². The lowest BCUT2D eigenvalue weighted by molar-refractivity contribution is -0.148. The molecule has 2 heterocycles. The Balaban J connectivity index is 1.83. The third kappa shape index (κ3) is 3.19. The van der Waals surface area contributed by atoms with Gasteiger partial charge < -0.3 is 10.0 Å². The fraction of sp³-hybridized carbons (Fsp3) is 0.294. The molecule has 1 fully saturated rings. The van der Waals surface area contributed by atoms with E-state index < -0.39 is 23.5 Å². The Hall–Kier alpha value is -2.96. The summed E-state index contributed by atoms with van der Waals surface area (Å²) in [6.45, 7) is 0.131. The van der Waals surface area contributed by atoms with Crippen molar-refractivity contribution in [2.75, 3.05) is 6.54 Å². The normalized spacial score (nSPS) is 17.0. The number of hydrogen-bond acceptors (Lipinski definition) is 4. The van der Waals surface area contributed by atoms with Gasteiger partial charge in [0.1, 0.15) is 12.6 Å². The van der Waals surface area contributed by atoms with Gasteiger partial charge in [0, 0.05) is 18.2 Å². The molecule has 1 atom stereocenters. The zero-order valence-electron chi connectivity index (χ0n) is 13.0. The molecule has 24 heavy (non-hydrogen) atoms. The third-order valence-electron chi connectivity index (χ3n) is 4.08. The Morgan fingerprint density at radius 2 is 1.92 bits per heavy atom. The van der Waals surface area contributed by atoms with E-state index in [2.05, 4.69) is 5.10 Å². The van der Waals surface area contributed by atoms with Crippen LogP contribution in [0.4, 0.5) is 0 Å². The number of nitrogens with zero attached hydrogens (tertiary/aromatic N) is 3. The molecule has 0 aliphatic carbocycles. The van der Waals surface area contributed by atoms with Crippen LogP contribution in [0.2, 0.25) is 0 Å². The summed E-state index contributed by atoms with van der Waals surface area (Å²) >= 11 is 0. The van der Waals surface area contributed by atoms with Crippen molar-refractivity contribution in [2.45, 2.75) is 25.4 Å². The van der Waals surface area contributed by atoms with Gasteiger partial charge in [-0.1, -0.05) is 30.3 Å². The molecule has 1 aliphatic rings. The lowest BCUT2D eigenvalue weighted by Gasteiger charge is -2.21. The number of aliphatic carboxylic acids is 1. The van der Waals surface area contributed by atoms with E-state index in [-0.39, 0.29) is 6.54 Å². The minimum absolute atomic E-state index is 0.261. The second-order valence-corrected chi connectivity index (χ2v) is 5.66. The topological polar surface area (TPSA) is 92.5 Å². The summed E-state index contributed by atoms with van der Waals surface area (Å²) in [7, 11) is 0. The number of amides is 1. The molecular formula is C17H17N3O4. The Morgan fingerprint density at radius 3 is 2.62 bits per heavy atom. The summed E-state index contributed by atoms with van der Waals surface area (Å²) in [5.41, 5.74) is 1.02. The number of carbonyl (C=O) groups excluding carboxylic acids is 1. The van der Waals surface area contributed by atoms with Gasteiger partial charge >= 0.3 is 5.97 Å². The van der Waals surface area contributed by atoms with Gasteiger partial charge in [-0.3, -0.25) is 9.59 Å². The van der Waals surface area contributed by atoms with E-state index in [1.54, 1.807) is 6.07 Å². The average molecular weight is 327 g/mol. The zero-order valence-corrected chi connectivity index (χ0v) is 13.0. The highest BCUT2D eigenvalue weighted by molar-refractivity contribution is 5.84. The highest BCUT2D eigenvalue weighted by Crippen LogP contribution is 2.18. The number of benzene rings is 1. The predicted octanol–water partition coefficient (Wildman–Crippen LogP) is 0.986. The summed E-state index contributed by atoms with van der Waals surface area (Å²) in [5.74, 6) is -1.42. The summed E-state index contributed by atoms with van der Waals surface area (Å²) in [6.07, 6.45) is 1.09. The number of hydrogen-bond donors (Lipinski definition) is 1. The number of likely N-dealkylation sites (tertiary alicyclic amines) is 1. The zero-order chi connectivity index (χ0) is 17.1. The predicted molar refractivity (Wildman–Crippen MR) is 86.3 cm³/mol.